The second-order valence-electron chi connectivity index (χ2n) is 4.08. The lowest BCUT2D eigenvalue weighted by atomic mass is 10.1. The van der Waals surface area contributed by atoms with Gasteiger partial charge in [0.05, 0.1) is 4.34 Å². The lowest BCUT2D eigenvalue weighted by Crippen LogP contribution is -2.26. The molecule has 108 valence electrons. The van der Waals surface area contributed by atoms with Crippen molar-refractivity contribution in [2.45, 2.75) is 17.9 Å². The zero-order valence-electron chi connectivity index (χ0n) is 10.2. The lowest BCUT2D eigenvalue weighted by Gasteiger charge is -2.14. The average molecular weight is 371 g/mol. The van der Waals surface area contributed by atoms with Crippen molar-refractivity contribution in [3.8, 4) is 0 Å². The van der Waals surface area contributed by atoms with Crippen molar-refractivity contribution in [1.29, 1.82) is 0 Å². The summed E-state index contributed by atoms with van der Waals surface area (Å²) >= 11 is 18.5. The molecule has 0 bridgehead atoms. The maximum Gasteiger partial charge on any atom is 0.243 e. The Hall–Kier alpha value is -0.300. The van der Waals surface area contributed by atoms with Crippen molar-refractivity contribution < 1.29 is 8.42 Å². The highest BCUT2D eigenvalue weighted by atomic mass is 35.5. The normalized spacial score (nSPS) is 13.4. The summed E-state index contributed by atoms with van der Waals surface area (Å²) in [6, 6.07) is 7.86. The van der Waals surface area contributed by atoms with Gasteiger partial charge in [-0.15, -0.1) is 11.3 Å². The highest BCUT2D eigenvalue weighted by Gasteiger charge is 2.23. The number of sulfonamides is 1. The molecule has 2 aromatic rings. The van der Waals surface area contributed by atoms with Crippen molar-refractivity contribution in [3.05, 3.63) is 49.6 Å². The van der Waals surface area contributed by atoms with Crippen LogP contribution >= 0.6 is 46.1 Å². The lowest BCUT2D eigenvalue weighted by molar-refractivity contribution is 0.567. The largest absolute Gasteiger partial charge is 0.243 e. The van der Waals surface area contributed by atoms with Gasteiger partial charge in [0.1, 0.15) is 9.23 Å². The Kier molecular flexibility index (Phi) is 5.00. The molecule has 20 heavy (non-hydrogen) atoms. The van der Waals surface area contributed by atoms with Gasteiger partial charge in [0.15, 0.2) is 0 Å². The van der Waals surface area contributed by atoms with Gasteiger partial charge in [-0.05, 0) is 30.7 Å². The van der Waals surface area contributed by atoms with Crippen molar-refractivity contribution in [1.82, 2.24) is 4.72 Å². The number of rotatable bonds is 4. The molecule has 1 aromatic carbocycles. The third-order valence-corrected chi connectivity index (χ3v) is 6.16. The number of hydrogen-bond acceptors (Lipinski definition) is 3. The zero-order valence-corrected chi connectivity index (χ0v) is 14.1. The molecule has 0 radical (unpaired) electrons. The smallest absolute Gasteiger partial charge is 0.207 e. The summed E-state index contributed by atoms with van der Waals surface area (Å²) < 4.78 is 27.5. The van der Waals surface area contributed by atoms with Crippen molar-refractivity contribution in [2.24, 2.45) is 0 Å². The predicted octanol–water partition coefficient (Wildman–Crippen LogP) is 4.75. The van der Waals surface area contributed by atoms with Crippen LogP contribution in [0.3, 0.4) is 0 Å². The monoisotopic (exact) mass is 369 g/mol. The highest BCUT2D eigenvalue weighted by molar-refractivity contribution is 7.89. The number of hydrogen-bond donors (Lipinski definition) is 1. The maximum absolute atomic E-state index is 12.2. The maximum atomic E-state index is 12.2. The molecule has 0 aliphatic carbocycles. The van der Waals surface area contributed by atoms with Crippen LogP contribution in [-0.4, -0.2) is 8.42 Å². The second kappa shape index (κ2) is 6.22. The molecule has 2 rings (SSSR count). The van der Waals surface area contributed by atoms with Gasteiger partial charge in [0.2, 0.25) is 10.0 Å². The predicted molar refractivity (Wildman–Crippen MR) is 84.5 cm³/mol. The minimum atomic E-state index is -3.72. The number of halogens is 3. The molecule has 0 saturated carbocycles. The number of benzene rings is 1. The first-order chi connectivity index (χ1) is 9.29. The van der Waals surface area contributed by atoms with E-state index in [0.29, 0.717) is 9.36 Å². The summed E-state index contributed by atoms with van der Waals surface area (Å²) in [5.41, 5.74) is 0.801. The van der Waals surface area contributed by atoms with Crippen molar-refractivity contribution in [3.63, 3.8) is 0 Å². The van der Waals surface area contributed by atoms with Gasteiger partial charge in [0, 0.05) is 11.1 Å². The van der Waals surface area contributed by atoms with Crippen LogP contribution in [0.4, 0.5) is 0 Å². The Morgan fingerprint density at radius 1 is 1.15 bits per heavy atom. The molecule has 0 amide bonds. The fourth-order valence-corrected chi connectivity index (χ4v) is 5.13. The zero-order chi connectivity index (χ0) is 14.9. The summed E-state index contributed by atoms with van der Waals surface area (Å²) in [5, 5.41) is 0.594. The topological polar surface area (TPSA) is 46.2 Å². The van der Waals surface area contributed by atoms with E-state index in [0.717, 1.165) is 16.9 Å². The summed E-state index contributed by atoms with van der Waals surface area (Å²) in [7, 11) is -3.72. The molecule has 1 unspecified atom stereocenters. The van der Waals surface area contributed by atoms with Gasteiger partial charge in [-0.2, -0.15) is 0 Å². The van der Waals surface area contributed by atoms with Gasteiger partial charge < -0.3 is 0 Å². The molecule has 1 atom stereocenters. The average Bonchev–Trinajstić information content (AvgIpc) is 2.69. The third-order valence-electron chi connectivity index (χ3n) is 2.62. The summed E-state index contributed by atoms with van der Waals surface area (Å²) in [6.07, 6.45) is 0. The molecule has 0 fully saturated rings. The fourth-order valence-electron chi connectivity index (χ4n) is 1.62. The Balaban J connectivity index is 2.24. The first-order valence-electron chi connectivity index (χ1n) is 5.52. The molecule has 1 N–H and O–H groups in total. The molecular weight excluding hydrogens is 361 g/mol. The van der Waals surface area contributed by atoms with Crippen LogP contribution in [0.1, 0.15) is 18.5 Å². The molecule has 1 aromatic heterocycles. The van der Waals surface area contributed by atoms with Crippen LogP contribution in [-0.2, 0) is 10.0 Å². The van der Waals surface area contributed by atoms with Gasteiger partial charge in [0.25, 0.3) is 0 Å². The highest BCUT2D eigenvalue weighted by Crippen LogP contribution is 2.34. The van der Waals surface area contributed by atoms with Crippen molar-refractivity contribution >= 4 is 56.2 Å². The van der Waals surface area contributed by atoms with Gasteiger partial charge >= 0.3 is 0 Å². The van der Waals surface area contributed by atoms with Crippen LogP contribution in [0, 0.1) is 0 Å². The van der Waals surface area contributed by atoms with Crippen LogP contribution in [0.5, 0.6) is 0 Å². The van der Waals surface area contributed by atoms with E-state index in [2.05, 4.69) is 4.72 Å². The van der Waals surface area contributed by atoms with Crippen LogP contribution in [0.25, 0.3) is 0 Å². The SMILES string of the molecule is CC(NS(=O)(=O)c1cc(Cl)sc1Cl)c1ccc(Cl)cc1. The second-order valence-corrected chi connectivity index (χ2v) is 8.49. The summed E-state index contributed by atoms with van der Waals surface area (Å²) in [4.78, 5) is -0.00465. The Morgan fingerprint density at radius 3 is 2.25 bits per heavy atom. The molecular formula is C12H10Cl3NO2S2. The van der Waals surface area contributed by atoms with Crippen LogP contribution in [0.2, 0.25) is 13.7 Å². The van der Waals surface area contributed by atoms with E-state index in [4.69, 9.17) is 34.8 Å². The first kappa shape index (κ1) is 16.1. The summed E-state index contributed by atoms with van der Waals surface area (Å²) in [6.45, 7) is 1.74. The Labute approximate surface area is 136 Å². The van der Waals surface area contributed by atoms with Gasteiger partial charge in [-0.1, -0.05) is 46.9 Å². The van der Waals surface area contributed by atoms with Crippen LogP contribution < -0.4 is 4.72 Å². The standard InChI is InChI=1S/C12H10Cl3NO2S2/c1-7(8-2-4-9(13)5-3-8)16-20(17,18)10-6-11(14)19-12(10)15/h2-7,16H,1H3. The van der Waals surface area contributed by atoms with Crippen molar-refractivity contribution in [2.75, 3.05) is 0 Å². The number of nitrogens with one attached hydrogen (secondary N) is 1. The number of thiophene rings is 1. The van der Waals surface area contributed by atoms with Crippen LogP contribution in [0.15, 0.2) is 35.2 Å². The van der Waals surface area contributed by atoms with E-state index in [-0.39, 0.29) is 9.23 Å². The molecule has 0 aliphatic heterocycles. The Bertz CT molecular complexity index is 711. The van der Waals surface area contributed by atoms with E-state index < -0.39 is 16.1 Å². The first-order valence-corrected chi connectivity index (χ1v) is 8.95. The van der Waals surface area contributed by atoms with E-state index in [9.17, 15) is 8.42 Å². The molecule has 8 heteroatoms. The molecule has 0 saturated heterocycles. The van der Waals surface area contributed by atoms with E-state index in [1.54, 1.807) is 31.2 Å². The third kappa shape index (κ3) is 3.67. The molecule has 1 heterocycles. The molecule has 0 spiro atoms. The van der Waals surface area contributed by atoms with Gasteiger partial charge in [-0.3, -0.25) is 0 Å². The molecule has 3 nitrogen and oxygen atoms in total. The quantitative estimate of drug-likeness (QED) is 0.844. The fraction of sp³-hybridized carbons (Fsp3) is 0.167. The van der Waals surface area contributed by atoms with E-state index >= 15 is 0 Å². The minimum Gasteiger partial charge on any atom is -0.207 e. The summed E-state index contributed by atoms with van der Waals surface area (Å²) in [5.74, 6) is 0. The van der Waals surface area contributed by atoms with Gasteiger partial charge in [-0.25, -0.2) is 13.1 Å². The van der Waals surface area contributed by atoms with E-state index in [1.165, 1.54) is 6.07 Å². The van der Waals surface area contributed by atoms with E-state index in [1.807, 2.05) is 0 Å². The molecule has 0 aliphatic rings. The Morgan fingerprint density at radius 2 is 1.75 bits per heavy atom. The minimum absolute atomic E-state index is 0.00465.